The number of ketones is 2. The molecule has 0 bridgehead atoms. The summed E-state index contributed by atoms with van der Waals surface area (Å²) in [7, 11) is 0. The first kappa shape index (κ1) is 17.0. The van der Waals surface area contributed by atoms with Gasteiger partial charge in [0.05, 0.1) is 5.60 Å². The van der Waals surface area contributed by atoms with Crippen molar-refractivity contribution in [2.75, 3.05) is 0 Å². The van der Waals surface area contributed by atoms with Crippen molar-refractivity contribution in [2.24, 2.45) is 57.7 Å². The van der Waals surface area contributed by atoms with Crippen molar-refractivity contribution in [1.29, 1.82) is 0 Å². The lowest BCUT2D eigenvalue weighted by molar-refractivity contribution is -0.216. The quantitative estimate of drug-likeness (QED) is 0.684. The summed E-state index contributed by atoms with van der Waals surface area (Å²) in [6.45, 7) is 4.92. The fourth-order valence-corrected chi connectivity index (χ4v) is 11.0. The molecule has 3 unspecified atom stereocenters. The van der Waals surface area contributed by atoms with E-state index in [2.05, 4.69) is 13.8 Å². The SMILES string of the molecule is C[C@]12CCC3C(C1[C@@H]1C[C@@H]1[C@@]21CCC(=O)C1)[C@H]1C[C@H]1[C@]1(O)CC(=O)CC[C@]31C. The van der Waals surface area contributed by atoms with Crippen molar-refractivity contribution in [2.45, 2.75) is 83.7 Å². The minimum absolute atomic E-state index is 0.0732. The summed E-state index contributed by atoms with van der Waals surface area (Å²) < 4.78 is 0. The van der Waals surface area contributed by atoms with Gasteiger partial charge in [-0.1, -0.05) is 13.8 Å². The average Bonchev–Trinajstić information content (AvgIpc) is 3.54. The van der Waals surface area contributed by atoms with E-state index >= 15 is 0 Å². The number of rotatable bonds is 0. The topological polar surface area (TPSA) is 54.4 Å². The Kier molecular flexibility index (Phi) is 2.82. The molecular formula is C25H34O3. The van der Waals surface area contributed by atoms with Crippen LogP contribution in [-0.2, 0) is 9.59 Å². The Morgan fingerprint density at radius 3 is 2.29 bits per heavy atom. The van der Waals surface area contributed by atoms with Gasteiger partial charge in [-0.3, -0.25) is 9.59 Å². The van der Waals surface area contributed by atoms with Crippen LogP contribution >= 0.6 is 0 Å². The largest absolute Gasteiger partial charge is 0.389 e. The van der Waals surface area contributed by atoms with Crippen LogP contribution in [0.2, 0.25) is 0 Å². The number of Topliss-reactive ketones (excluding diaryl/α,β-unsaturated/α-hetero) is 2. The molecular weight excluding hydrogens is 348 g/mol. The minimum atomic E-state index is -0.732. The van der Waals surface area contributed by atoms with E-state index in [1.165, 1.54) is 19.3 Å². The Balaban J connectivity index is 1.32. The molecule has 7 aliphatic rings. The van der Waals surface area contributed by atoms with E-state index in [0.29, 0.717) is 47.2 Å². The van der Waals surface area contributed by atoms with Crippen molar-refractivity contribution in [3.05, 3.63) is 0 Å². The van der Waals surface area contributed by atoms with Crippen LogP contribution in [0.25, 0.3) is 0 Å². The van der Waals surface area contributed by atoms with Gasteiger partial charge in [-0.25, -0.2) is 0 Å². The smallest absolute Gasteiger partial charge is 0.135 e. The molecule has 7 saturated carbocycles. The molecule has 0 heterocycles. The number of hydrogen-bond donors (Lipinski definition) is 1. The van der Waals surface area contributed by atoms with Gasteiger partial charge in [-0.15, -0.1) is 0 Å². The number of carbonyl (C=O) groups is 2. The Morgan fingerprint density at radius 2 is 1.54 bits per heavy atom. The summed E-state index contributed by atoms with van der Waals surface area (Å²) in [5.41, 5.74) is -0.149. The van der Waals surface area contributed by atoms with Gasteiger partial charge < -0.3 is 5.11 Å². The van der Waals surface area contributed by atoms with Gasteiger partial charge in [0.25, 0.3) is 0 Å². The van der Waals surface area contributed by atoms with E-state index in [9.17, 15) is 14.7 Å². The average molecular weight is 383 g/mol. The Morgan fingerprint density at radius 1 is 0.821 bits per heavy atom. The zero-order valence-corrected chi connectivity index (χ0v) is 17.4. The second kappa shape index (κ2) is 4.63. The second-order valence-corrected chi connectivity index (χ2v) is 12.6. The summed E-state index contributed by atoms with van der Waals surface area (Å²) in [6.07, 6.45) is 9.80. The number of aliphatic hydroxyl groups is 1. The van der Waals surface area contributed by atoms with Gasteiger partial charge in [0.1, 0.15) is 11.6 Å². The van der Waals surface area contributed by atoms with Crippen LogP contribution < -0.4 is 0 Å². The first-order chi connectivity index (χ1) is 13.3. The second-order valence-electron chi connectivity index (χ2n) is 12.6. The van der Waals surface area contributed by atoms with Crippen molar-refractivity contribution < 1.29 is 14.7 Å². The fourth-order valence-electron chi connectivity index (χ4n) is 11.0. The third-order valence-electron chi connectivity index (χ3n) is 12.2. The molecule has 152 valence electrons. The van der Waals surface area contributed by atoms with Gasteiger partial charge in [0, 0.05) is 31.1 Å². The molecule has 0 saturated heterocycles. The number of hydrogen-bond acceptors (Lipinski definition) is 3. The van der Waals surface area contributed by atoms with E-state index < -0.39 is 5.60 Å². The summed E-state index contributed by atoms with van der Waals surface area (Å²) in [6, 6.07) is 0. The molecule has 0 aromatic carbocycles. The van der Waals surface area contributed by atoms with Gasteiger partial charge in [-0.2, -0.15) is 0 Å². The van der Waals surface area contributed by atoms with Gasteiger partial charge in [0.15, 0.2) is 0 Å². The molecule has 0 amide bonds. The van der Waals surface area contributed by atoms with E-state index in [-0.39, 0.29) is 11.2 Å². The highest BCUT2D eigenvalue weighted by Crippen LogP contribution is 2.85. The number of carbonyl (C=O) groups excluding carboxylic acids is 2. The van der Waals surface area contributed by atoms with Crippen molar-refractivity contribution in [3.63, 3.8) is 0 Å². The van der Waals surface area contributed by atoms with Crippen LogP contribution in [0.5, 0.6) is 0 Å². The van der Waals surface area contributed by atoms with E-state index in [0.717, 1.165) is 55.8 Å². The number of fused-ring (bicyclic) bond motifs is 12. The lowest BCUT2D eigenvalue weighted by Crippen LogP contribution is -2.64. The summed E-state index contributed by atoms with van der Waals surface area (Å²) in [5.74, 6) is 5.59. The maximum Gasteiger partial charge on any atom is 0.135 e. The first-order valence-corrected chi connectivity index (χ1v) is 12.0. The van der Waals surface area contributed by atoms with Crippen LogP contribution in [0.15, 0.2) is 0 Å². The van der Waals surface area contributed by atoms with Crippen molar-refractivity contribution in [1.82, 2.24) is 0 Å². The highest BCUT2D eigenvalue weighted by Gasteiger charge is 2.81. The van der Waals surface area contributed by atoms with Crippen molar-refractivity contribution in [3.8, 4) is 0 Å². The third-order valence-corrected chi connectivity index (χ3v) is 12.2. The van der Waals surface area contributed by atoms with Crippen LogP contribution in [0.3, 0.4) is 0 Å². The molecule has 3 nitrogen and oxygen atoms in total. The fraction of sp³-hybridized carbons (Fsp3) is 0.920. The Labute approximate surface area is 168 Å². The zero-order chi connectivity index (χ0) is 19.3. The normalized spacial score (nSPS) is 66.0. The zero-order valence-electron chi connectivity index (χ0n) is 17.4. The molecule has 0 aliphatic heterocycles. The van der Waals surface area contributed by atoms with Crippen LogP contribution in [0.1, 0.15) is 78.1 Å². The van der Waals surface area contributed by atoms with Gasteiger partial charge in [0.2, 0.25) is 0 Å². The maximum atomic E-state index is 12.4. The Bertz CT molecular complexity index is 819. The standard InChI is InChI=1S/C25H34O3/c1-22-6-3-14(27)12-25(22,28)19-9-15(19)20-17(22)5-7-23(2)21(20)16-10-18(16)24(23)8-4-13(26)11-24/h15-21,28H,3-12H2,1-2H3/t15-,16+,17?,18-,19+,20?,21?,22+,23-,24-,25+/m0/s1. The van der Waals surface area contributed by atoms with E-state index in [1.54, 1.807) is 0 Å². The molecule has 3 heteroatoms. The monoisotopic (exact) mass is 382 g/mol. The highest BCUT2D eigenvalue weighted by molar-refractivity contribution is 5.82. The summed E-state index contributed by atoms with van der Waals surface area (Å²) in [4.78, 5) is 24.7. The van der Waals surface area contributed by atoms with E-state index in [1.807, 2.05) is 0 Å². The molecule has 7 fully saturated rings. The molecule has 11 atom stereocenters. The molecule has 7 rings (SSSR count). The lowest BCUT2D eigenvalue weighted by Gasteiger charge is -2.64. The predicted octanol–water partition coefficient (Wildman–Crippen LogP) is 4.16. The first-order valence-electron chi connectivity index (χ1n) is 12.0. The lowest BCUT2D eigenvalue weighted by atomic mass is 9.41. The summed E-state index contributed by atoms with van der Waals surface area (Å²) in [5, 5.41) is 11.8. The Hall–Kier alpha value is -0.700. The van der Waals surface area contributed by atoms with E-state index in [4.69, 9.17) is 0 Å². The molecule has 0 aromatic heterocycles. The molecule has 0 aromatic rings. The minimum Gasteiger partial charge on any atom is -0.389 e. The maximum absolute atomic E-state index is 12.4. The molecule has 28 heavy (non-hydrogen) atoms. The van der Waals surface area contributed by atoms with Crippen LogP contribution in [0, 0.1) is 57.7 Å². The van der Waals surface area contributed by atoms with Gasteiger partial charge in [-0.05, 0) is 90.8 Å². The highest BCUT2D eigenvalue weighted by atomic mass is 16.3. The molecule has 1 N–H and O–H groups in total. The summed E-state index contributed by atoms with van der Waals surface area (Å²) >= 11 is 0. The van der Waals surface area contributed by atoms with Gasteiger partial charge >= 0.3 is 0 Å². The third kappa shape index (κ3) is 1.58. The molecule has 7 aliphatic carbocycles. The van der Waals surface area contributed by atoms with Crippen molar-refractivity contribution >= 4 is 11.6 Å². The molecule has 1 spiro atoms. The van der Waals surface area contributed by atoms with Crippen LogP contribution in [-0.4, -0.2) is 22.3 Å². The molecule has 0 radical (unpaired) electrons. The van der Waals surface area contributed by atoms with Crippen LogP contribution in [0.4, 0.5) is 0 Å². The predicted molar refractivity (Wildman–Crippen MR) is 104 cm³/mol.